The van der Waals surface area contributed by atoms with Crippen LogP contribution in [0.25, 0.3) is 10.8 Å². The van der Waals surface area contributed by atoms with Gasteiger partial charge >= 0.3 is 0 Å². The molecule has 1 N–H and O–H groups in total. The number of carbonyl (C=O) groups is 2. The van der Waals surface area contributed by atoms with Crippen LogP contribution in [0.1, 0.15) is 82.9 Å². The third kappa shape index (κ3) is 5.60. The van der Waals surface area contributed by atoms with Crippen LogP contribution >= 0.6 is 0 Å². The second-order valence-corrected chi connectivity index (χ2v) is 14.1. The van der Waals surface area contributed by atoms with Gasteiger partial charge in [0.15, 0.2) is 23.1 Å². The molecule has 228 valence electrons. The summed E-state index contributed by atoms with van der Waals surface area (Å²) < 4.78 is 12.8. The van der Waals surface area contributed by atoms with Crippen molar-refractivity contribution in [3.63, 3.8) is 0 Å². The summed E-state index contributed by atoms with van der Waals surface area (Å²) >= 11 is 0. The van der Waals surface area contributed by atoms with E-state index in [1.54, 1.807) is 0 Å². The van der Waals surface area contributed by atoms with Crippen LogP contribution in [-0.4, -0.2) is 18.2 Å². The molecule has 0 aromatic heterocycles. The Hall–Kier alpha value is -4.12. The Kier molecular flexibility index (Phi) is 7.77. The fraction of sp³-hybridized carbons (Fsp3) is 0.385. The number of dihydropyridines is 1. The summed E-state index contributed by atoms with van der Waals surface area (Å²) in [5, 5.41) is 5.94. The smallest absolute Gasteiger partial charge is 0.165 e. The maximum absolute atomic E-state index is 13.9. The van der Waals surface area contributed by atoms with Gasteiger partial charge in [0.25, 0.3) is 0 Å². The molecule has 3 aliphatic rings. The van der Waals surface area contributed by atoms with Gasteiger partial charge in [-0.05, 0) is 65.0 Å². The van der Waals surface area contributed by atoms with Gasteiger partial charge in [0.2, 0.25) is 0 Å². The van der Waals surface area contributed by atoms with Crippen LogP contribution in [0.2, 0.25) is 0 Å². The van der Waals surface area contributed by atoms with Crippen LogP contribution in [0.3, 0.4) is 0 Å². The SMILES string of the molecule is C=CCc1cc(C2C3=C(CC(C)(C)CC3=O)NC3=C2C(=O)CC(C)(C)C3)cc(OCC)c1OCc1cccc2ccccc12. The molecule has 0 unspecified atom stereocenters. The molecule has 3 aromatic rings. The molecule has 5 nitrogen and oxygen atoms in total. The van der Waals surface area contributed by atoms with Crippen molar-refractivity contribution in [1.82, 2.24) is 5.32 Å². The number of rotatable bonds is 8. The fourth-order valence-electron chi connectivity index (χ4n) is 7.37. The summed E-state index contributed by atoms with van der Waals surface area (Å²) in [4.78, 5) is 27.8. The Morgan fingerprint density at radius 2 is 1.48 bits per heavy atom. The summed E-state index contributed by atoms with van der Waals surface area (Å²) in [6.45, 7) is 15.4. The normalized spacial score (nSPS) is 19.4. The molecule has 5 heteroatoms. The molecule has 3 aromatic carbocycles. The lowest BCUT2D eigenvalue weighted by Gasteiger charge is -2.44. The molecule has 1 heterocycles. The second-order valence-electron chi connectivity index (χ2n) is 14.1. The van der Waals surface area contributed by atoms with E-state index < -0.39 is 5.92 Å². The number of nitrogens with one attached hydrogen (secondary N) is 1. The molecule has 0 spiro atoms. The number of Topliss-reactive ketones (excluding diaryl/α,β-unsaturated/α-hetero) is 2. The summed E-state index contributed by atoms with van der Waals surface area (Å²) in [5.74, 6) is 1.07. The quantitative estimate of drug-likeness (QED) is 0.267. The first-order valence-electron chi connectivity index (χ1n) is 15.8. The zero-order chi connectivity index (χ0) is 31.2. The summed E-state index contributed by atoms with van der Waals surface area (Å²) in [6.07, 6.45) is 4.86. The summed E-state index contributed by atoms with van der Waals surface area (Å²) in [6, 6.07) is 18.7. The topological polar surface area (TPSA) is 64.6 Å². The first-order valence-corrected chi connectivity index (χ1v) is 15.8. The number of carbonyl (C=O) groups excluding carboxylic acids is 2. The molecule has 6 rings (SSSR count). The number of ketones is 2. The number of fused-ring (bicyclic) bond motifs is 1. The minimum absolute atomic E-state index is 0.109. The van der Waals surface area contributed by atoms with Gasteiger partial charge < -0.3 is 14.8 Å². The van der Waals surface area contributed by atoms with Crippen LogP contribution in [-0.2, 0) is 22.6 Å². The van der Waals surface area contributed by atoms with Gasteiger partial charge in [-0.1, -0.05) is 82.3 Å². The van der Waals surface area contributed by atoms with E-state index in [0.29, 0.717) is 44.0 Å². The zero-order valence-electron chi connectivity index (χ0n) is 26.6. The monoisotopic (exact) mass is 589 g/mol. The maximum atomic E-state index is 13.9. The average molecular weight is 590 g/mol. The van der Waals surface area contributed by atoms with E-state index in [1.165, 1.54) is 5.39 Å². The number of hydrogen-bond donors (Lipinski definition) is 1. The molecular weight excluding hydrogens is 546 g/mol. The Morgan fingerprint density at radius 3 is 2.11 bits per heavy atom. The van der Waals surface area contributed by atoms with Gasteiger partial charge in [0, 0.05) is 46.9 Å². The van der Waals surface area contributed by atoms with Crippen molar-refractivity contribution in [2.45, 2.75) is 79.2 Å². The number of ether oxygens (including phenoxy) is 2. The molecule has 44 heavy (non-hydrogen) atoms. The van der Waals surface area contributed by atoms with Crippen molar-refractivity contribution in [3.8, 4) is 11.5 Å². The third-order valence-electron chi connectivity index (χ3n) is 9.12. The minimum atomic E-state index is -0.441. The Balaban J connectivity index is 1.48. The van der Waals surface area contributed by atoms with Gasteiger partial charge in [-0.3, -0.25) is 9.59 Å². The van der Waals surface area contributed by atoms with Crippen LogP contribution in [0.15, 0.2) is 89.8 Å². The van der Waals surface area contributed by atoms with Gasteiger partial charge in [0.05, 0.1) is 6.61 Å². The predicted molar refractivity (Wildman–Crippen MR) is 176 cm³/mol. The molecule has 0 amide bonds. The zero-order valence-corrected chi connectivity index (χ0v) is 26.6. The molecule has 0 atom stereocenters. The van der Waals surface area contributed by atoms with E-state index in [0.717, 1.165) is 57.5 Å². The predicted octanol–water partition coefficient (Wildman–Crippen LogP) is 8.52. The van der Waals surface area contributed by atoms with Gasteiger partial charge in [-0.2, -0.15) is 0 Å². The maximum Gasteiger partial charge on any atom is 0.165 e. The molecule has 0 radical (unpaired) electrons. The number of hydrogen-bond acceptors (Lipinski definition) is 5. The van der Waals surface area contributed by atoms with Crippen molar-refractivity contribution in [2.75, 3.05) is 6.61 Å². The average Bonchev–Trinajstić information content (AvgIpc) is 2.94. The van der Waals surface area contributed by atoms with Crippen molar-refractivity contribution in [3.05, 3.63) is 106 Å². The minimum Gasteiger partial charge on any atom is -0.490 e. The molecule has 0 saturated heterocycles. The Morgan fingerprint density at radius 1 is 0.841 bits per heavy atom. The van der Waals surface area contributed by atoms with E-state index in [4.69, 9.17) is 9.47 Å². The highest BCUT2D eigenvalue weighted by molar-refractivity contribution is 6.07. The van der Waals surface area contributed by atoms with Gasteiger partial charge in [0.1, 0.15) is 6.61 Å². The molecule has 2 aliphatic carbocycles. The van der Waals surface area contributed by atoms with Crippen LogP contribution < -0.4 is 14.8 Å². The van der Waals surface area contributed by atoms with Gasteiger partial charge in [-0.25, -0.2) is 0 Å². The first-order chi connectivity index (χ1) is 21.0. The molecular formula is C39H43NO4. The Labute approximate surface area is 261 Å². The molecule has 0 fully saturated rings. The van der Waals surface area contributed by atoms with E-state index in [-0.39, 0.29) is 22.4 Å². The van der Waals surface area contributed by atoms with Crippen LogP contribution in [0.5, 0.6) is 11.5 Å². The van der Waals surface area contributed by atoms with Crippen LogP contribution in [0.4, 0.5) is 0 Å². The van der Waals surface area contributed by atoms with Gasteiger partial charge in [-0.15, -0.1) is 6.58 Å². The first kappa shape index (κ1) is 29.9. The van der Waals surface area contributed by atoms with E-state index in [2.05, 4.69) is 76.0 Å². The molecule has 0 bridgehead atoms. The highest BCUT2D eigenvalue weighted by Crippen LogP contribution is 2.52. The lowest BCUT2D eigenvalue weighted by Crippen LogP contribution is -2.42. The summed E-state index contributed by atoms with van der Waals surface area (Å²) in [7, 11) is 0. The fourth-order valence-corrected chi connectivity index (χ4v) is 7.37. The van der Waals surface area contributed by atoms with Crippen LogP contribution in [0, 0.1) is 10.8 Å². The van der Waals surface area contributed by atoms with Crippen molar-refractivity contribution >= 4 is 22.3 Å². The molecule has 1 aliphatic heterocycles. The third-order valence-corrected chi connectivity index (χ3v) is 9.12. The highest BCUT2D eigenvalue weighted by atomic mass is 16.5. The largest absolute Gasteiger partial charge is 0.490 e. The van der Waals surface area contributed by atoms with E-state index in [1.807, 2.05) is 31.2 Å². The lowest BCUT2D eigenvalue weighted by atomic mass is 9.64. The highest BCUT2D eigenvalue weighted by Gasteiger charge is 2.46. The molecule has 0 saturated carbocycles. The summed E-state index contributed by atoms with van der Waals surface area (Å²) in [5.41, 5.74) is 5.99. The van der Waals surface area contributed by atoms with Crippen molar-refractivity contribution in [1.29, 1.82) is 0 Å². The van der Waals surface area contributed by atoms with Crippen molar-refractivity contribution in [2.24, 2.45) is 10.8 Å². The number of benzene rings is 3. The second kappa shape index (κ2) is 11.4. The Bertz CT molecular complexity index is 1680. The van der Waals surface area contributed by atoms with E-state index in [9.17, 15) is 9.59 Å². The standard InChI is InChI=1S/C39H43NO4/c1-7-12-25-17-27(18-33(43-8-2)37(25)44-23-26-15-11-14-24-13-9-10-16-28(24)26)34-35-29(19-38(3,4)21-31(35)41)40-30-20-39(5,6)22-32(42)36(30)34/h7,9-11,13-18,34,40H,1,8,12,19-23H2,2-6H3. The van der Waals surface area contributed by atoms with E-state index >= 15 is 0 Å². The number of allylic oxidation sites excluding steroid dienone is 5. The van der Waals surface area contributed by atoms with Crippen molar-refractivity contribution < 1.29 is 19.1 Å². The lowest BCUT2D eigenvalue weighted by molar-refractivity contribution is -0.119.